The molecular weight excluding hydrogens is 284 g/mol. The summed E-state index contributed by atoms with van der Waals surface area (Å²) in [6, 6.07) is 1.69. The van der Waals surface area contributed by atoms with Crippen molar-refractivity contribution in [2.45, 2.75) is 30.5 Å². The van der Waals surface area contributed by atoms with Gasteiger partial charge in [0.15, 0.2) is 0 Å². The smallest absolute Gasteiger partial charge is 0.250 e. The lowest BCUT2D eigenvalue weighted by Gasteiger charge is -2.21. The Morgan fingerprint density at radius 1 is 1.47 bits per heavy atom. The zero-order chi connectivity index (χ0) is 13.9. The number of hydrogen-bond donors (Lipinski definition) is 2. The topological polar surface area (TPSA) is 81.4 Å². The lowest BCUT2D eigenvalue weighted by molar-refractivity contribution is 0.0678. The summed E-state index contributed by atoms with van der Waals surface area (Å²) >= 11 is 1.25. The standard InChI is InChI=1S/C12H20N2O3S2/c1-9-6-12(18-11(9)7-13)19(15,16)14-8-10-2-4-17-5-3-10/h6,10,14H,2-5,7-8,13H2,1H3. The van der Waals surface area contributed by atoms with E-state index in [9.17, 15) is 8.42 Å². The van der Waals surface area contributed by atoms with Gasteiger partial charge in [0.1, 0.15) is 4.21 Å². The molecule has 1 aliphatic heterocycles. The molecule has 5 nitrogen and oxygen atoms in total. The third kappa shape index (κ3) is 3.76. The summed E-state index contributed by atoms with van der Waals surface area (Å²) in [6.45, 7) is 4.20. The maximum atomic E-state index is 12.2. The summed E-state index contributed by atoms with van der Waals surface area (Å²) in [6.07, 6.45) is 1.83. The van der Waals surface area contributed by atoms with Crippen LogP contribution >= 0.6 is 11.3 Å². The van der Waals surface area contributed by atoms with Gasteiger partial charge in [0.2, 0.25) is 10.0 Å². The second-order valence-corrected chi connectivity index (χ2v) is 7.91. The fraction of sp³-hybridized carbons (Fsp3) is 0.667. The molecule has 1 aliphatic rings. The second-order valence-electron chi connectivity index (χ2n) is 4.78. The van der Waals surface area contributed by atoms with Crippen LogP contribution in [0.4, 0.5) is 0 Å². The highest BCUT2D eigenvalue weighted by Crippen LogP contribution is 2.25. The SMILES string of the molecule is Cc1cc(S(=O)(=O)NCC2CCOCC2)sc1CN. The number of hydrogen-bond acceptors (Lipinski definition) is 5. The molecule has 0 atom stereocenters. The van der Waals surface area contributed by atoms with E-state index < -0.39 is 10.0 Å². The van der Waals surface area contributed by atoms with Gasteiger partial charge in [-0.25, -0.2) is 13.1 Å². The first-order chi connectivity index (χ1) is 9.03. The Bertz CT molecular complexity index is 519. The quantitative estimate of drug-likeness (QED) is 0.857. The van der Waals surface area contributed by atoms with Crippen molar-refractivity contribution in [1.29, 1.82) is 0 Å². The lowest BCUT2D eigenvalue weighted by atomic mass is 10.0. The molecular formula is C12H20N2O3S2. The van der Waals surface area contributed by atoms with Crippen molar-refractivity contribution in [3.8, 4) is 0 Å². The Hall–Kier alpha value is -0.470. The molecule has 0 spiro atoms. The number of ether oxygens (including phenoxy) is 1. The monoisotopic (exact) mass is 304 g/mol. The predicted octanol–water partition coefficient (Wildman–Crippen LogP) is 1.22. The van der Waals surface area contributed by atoms with Crippen LogP contribution < -0.4 is 10.5 Å². The lowest BCUT2D eigenvalue weighted by Crippen LogP contribution is -2.31. The fourth-order valence-electron chi connectivity index (χ4n) is 2.07. The van der Waals surface area contributed by atoms with Crippen molar-refractivity contribution in [2.24, 2.45) is 11.7 Å². The van der Waals surface area contributed by atoms with E-state index >= 15 is 0 Å². The molecule has 0 saturated carbocycles. The highest BCUT2D eigenvalue weighted by Gasteiger charge is 2.21. The number of thiophene rings is 1. The van der Waals surface area contributed by atoms with Gasteiger partial charge in [-0.15, -0.1) is 11.3 Å². The molecule has 0 aliphatic carbocycles. The van der Waals surface area contributed by atoms with Crippen molar-refractivity contribution >= 4 is 21.4 Å². The number of sulfonamides is 1. The maximum Gasteiger partial charge on any atom is 0.250 e. The van der Waals surface area contributed by atoms with Crippen molar-refractivity contribution in [1.82, 2.24) is 4.72 Å². The average Bonchev–Trinajstić information content (AvgIpc) is 2.80. The minimum atomic E-state index is -3.40. The van der Waals surface area contributed by atoms with Crippen LogP contribution in [0.2, 0.25) is 0 Å². The van der Waals surface area contributed by atoms with Gasteiger partial charge in [-0.2, -0.15) is 0 Å². The number of aryl methyl sites for hydroxylation is 1. The summed E-state index contributed by atoms with van der Waals surface area (Å²) in [5.74, 6) is 0.374. The van der Waals surface area contributed by atoms with Crippen LogP contribution in [0.15, 0.2) is 10.3 Å². The average molecular weight is 304 g/mol. The Kier molecular flexibility index (Phi) is 4.97. The van der Waals surface area contributed by atoms with Crippen LogP contribution in [-0.4, -0.2) is 28.2 Å². The van der Waals surface area contributed by atoms with Crippen molar-refractivity contribution in [3.05, 3.63) is 16.5 Å². The molecule has 1 aromatic heterocycles. The van der Waals surface area contributed by atoms with Gasteiger partial charge in [0.25, 0.3) is 0 Å². The molecule has 19 heavy (non-hydrogen) atoms. The van der Waals surface area contributed by atoms with Crippen LogP contribution in [0.5, 0.6) is 0 Å². The second kappa shape index (κ2) is 6.32. The van der Waals surface area contributed by atoms with Gasteiger partial charge in [0, 0.05) is 31.2 Å². The molecule has 1 aromatic rings. The molecule has 1 fully saturated rings. The molecule has 0 aromatic carbocycles. The van der Waals surface area contributed by atoms with Gasteiger partial charge >= 0.3 is 0 Å². The van der Waals surface area contributed by atoms with E-state index in [1.807, 2.05) is 6.92 Å². The Morgan fingerprint density at radius 2 is 2.16 bits per heavy atom. The van der Waals surface area contributed by atoms with Crippen LogP contribution in [0.1, 0.15) is 23.3 Å². The first-order valence-electron chi connectivity index (χ1n) is 6.39. The Labute approximate surface area is 118 Å². The van der Waals surface area contributed by atoms with E-state index in [0.29, 0.717) is 23.2 Å². The summed E-state index contributed by atoms with van der Waals surface area (Å²) in [5.41, 5.74) is 6.52. The third-order valence-corrected chi connectivity index (χ3v) is 6.51. The van der Waals surface area contributed by atoms with E-state index in [4.69, 9.17) is 10.5 Å². The maximum absolute atomic E-state index is 12.2. The molecule has 2 heterocycles. The molecule has 2 rings (SSSR count). The summed E-state index contributed by atoms with van der Waals surface area (Å²) < 4.78 is 32.7. The molecule has 7 heteroatoms. The Morgan fingerprint density at radius 3 is 2.74 bits per heavy atom. The minimum Gasteiger partial charge on any atom is -0.381 e. The van der Waals surface area contributed by atoms with Crippen LogP contribution in [-0.2, 0) is 21.3 Å². The fourth-order valence-corrected chi connectivity index (χ4v) is 4.70. The number of nitrogens with one attached hydrogen (secondary N) is 1. The normalized spacial score (nSPS) is 17.8. The van der Waals surface area contributed by atoms with E-state index in [2.05, 4.69) is 4.72 Å². The summed E-state index contributed by atoms with van der Waals surface area (Å²) in [5, 5.41) is 0. The van der Waals surface area contributed by atoms with Gasteiger partial charge < -0.3 is 10.5 Å². The minimum absolute atomic E-state index is 0.359. The summed E-state index contributed by atoms with van der Waals surface area (Å²) in [7, 11) is -3.40. The predicted molar refractivity (Wildman–Crippen MR) is 75.7 cm³/mol. The van der Waals surface area contributed by atoms with E-state index in [1.54, 1.807) is 6.07 Å². The molecule has 0 amide bonds. The first-order valence-corrected chi connectivity index (χ1v) is 8.69. The van der Waals surface area contributed by atoms with Crippen molar-refractivity contribution in [3.63, 3.8) is 0 Å². The zero-order valence-corrected chi connectivity index (χ0v) is 12.6. The highest BCUT2D eigenvalue weighted by molar-refractivity contribution is 7.91. The van der Waals surface area contributed by atoms with Gasteiger partial charge in [-0.3, -0.25) is 0 Å². The van der Waals surface area contributed by atoms with Crippen LogP contribution in [0.25, 0.3) is 0 Å². The molecule has 0 unspecified atom stereocenters. The molecule has 3 N–H and O–H groups in total. The Balaban J connectivity index is 2.00. The molecule has 0 radical (unpaired) electrons. The first kappa shape index (κ1) is 14.9. The number of nitrogens with two attached hydrogens (primary N) is 1. The largest absolute Gasteiger partial charge is 0.381 e. The van der Waals surface area contributed by atoms with Crippen molar-refractivity contribution < 1.29 is 13.2 Å². The highest BCUT2D eigenvalue weighted by atomic mass is 32.2. The van der Waals surface area contributed by atoms with E-state index in [-0.39, 0.29) is 0 Å². The summed E-state index contributed by atoms with van der Waals surface area (Å²) in [4.78, 5) is 0.923. The van der Waals surface area contributed by atoms with E-state index in [0.717, 1.165) is 36.5 Å². The van der Waals surface area contributed by atoms with Crippen LogP contribution in [0.3, 0.4) is 0 Å². The van der Waals surface area contributed by atoms with Gasteiger partial charge in [-0.1, -0.05) is 0 Å². The van der Waals surface area contributed by atoms with Gasteiger partial charge in [-0.05, 0) is 37.3 Å². The van der Waals surface area contributed by atoms with Gasteiger partial charge in [0.05, 0.1) is 0 Å². The van der Waals surface area contributed by atoms with E-state index in [1.165, 1.54) is 11.3 Å². The van der Waals surface area contributed by atoms with Crippen LogP contribution in [0, 0.1) is 12.8 Å². The molecule has 108 valence electrons. The molecule has 1 saturated heterocycles. The number of rotatable bonds is 5. The molecule has 0 bridgehead atoms. The third-order valence-electron chi connectivity index (χ3n) is 3.35. The van der Waals surface area contributed by atoms with Crippen molar-refractivity contribution in [2.75, 3.05) is 19.8 Å². The zero-order valence-electron chi connectivity index (χ0n) is 11.0.